The molecule has 6 heteroatoms. The van der Waals surface area contributed by atoms with Crippen molar-refractivity contribution in [2.24, 2.45) is 5.84 Å². The first kappa shape index (κ1) is 13.0. The van der Waals surface area contributed by atoms with Gasteiger partial charge in [-0.25, -0.2) is 15.8 Å². The Labute approximate surface area is 118 Å². The summed E-state index contributed by atoms with van der Waals surface area (Å²) >= 11 is 1.95. The highest BCUT2D eigenvalue weighted by Crippen LogP contribution is 2.47. The van der Waals surface area contributed by atoms with Crippen LogP contribution >= 0.6 is 11.8 Å². The van der Waals surface area contributed by atoms with Crippen molar-refractivity contribution in [3.8, 4) is 0 Å². The number of hydrogen-bond donors (Lipinski definition) is 3. The van der Waals surface area contributed by atoms with Gasteiger partial charge in [0.15, 0.2) is 0 Å². The predicted molar refractivity (Wildman–Crippen MR) is 80.5 cm³/mol. The predicted octanol–water partition coefficient (Wildman–Crippen LogP) is 2.26. The van der Waals surface area contributed by atoms with Crippen molar-refractivity contribution in [1.29, 1.82) is 0 Å². The molecule has 2 fully saturated rings. The van der Waals surface area contributed by atoms with E-state index in [9.17, 15) is 0 Å². The molecule has 5 nitrogen and oxygen atoms in total. The van der Waals surface area contributed by atoms with Crippen molar-refractivity contribution in [2.45, 2.75) is 43.3 Å². The van der Waals surface area contributed by atoms with Crippen LogP contribution in [0.5, 0.6) is 0 Å². The van der Waals surface area contributed by atoms with E-state index in [4.69, 9.17) is 5.84 Å². The zero-order valence-electron chi connectivity index (χ0n) is 11.5. The maximum absolute atomic E-state index is 5.56. The summed E-state index contributed by atoms with van der Waals surface area (Å²) in [5.41, 5.74) is 3.69. The second-order valence-electron chi connectivity index (χ2n) is 5.56. The number of nitrogens with zero attached hydrogens (tertiary/aromatic N) is 2. The van der Waals surface area contributed by atoms with Gasteiger partial charge in [0, 0.05) is 22.8 Å². The molecule has 0 unspecified atom stereocenters. The topological polar surface area (TPSA) is 75.9 Å². The fourth-order valence-corrected chi connectivity index (χ4v) is 2.93. The van der Waals surface area contributed by atoms with Crippen molar-refractivity contribution in [3.63, 3.8) is 0 Å². The molecular formula is C13H21N5S. The number of thioether (sulfide) groups is 1. The first-order valence-corrected chi connectivity index (χ1v) is 8.04. The zero-order chi connectivity index (χ0) is 13.5. The Balaban J connectivity index is 1.80. The molecule has 0 radical (unpaired) electrons. The Kier molecular flexibility index (Phi) is 3.30. The molecule has 1 heterocycles. The molecule has 2 aliphatic rings. The van der Waals surface area contributed by atoms with Gasteiger partial charge in [0.05, 0.1) is 0 Å². The van der Waals surface area contributed by atoms with Gasteiger partial charge in [-0.05, 0) is 38.9 Å². The van der Waals surface area contributed by atoms with E-state index >= 15 is 0 Å². The summed E-state index contributed by atoms with van der Waals surface area (Å²) in [5.74, 6) is 8.69. The highest BCUT2D eigenvalue weighted by molar-refractivity contribution is 8.00. The number of hydrazine groups is 1. The molecule has 1 aromatic rings. The Morgan fingerprint density at radius 2 is 2.00 bits per heavy atom. The molecule has 4 N–H and O–H groups in total. The summed E-state index contributed by atoms with van der Waals surface area (Å²) in [6.07, 6.45) is 7.16. The van der Waals surface area contributed by atoms with Crippen LogP contribution in [0.15, 0.2) is 0 Å². The van der Waals surface area contributed by atoms with Gasteiger partial charge in [0.2, 0.25) is 0 Å². The largest absolute Gasteiger partial charge is 0.368 e. The van der Waals surface area contributed by atoms with Crippen molar-refractivity contribution >= 4 is 23.4 Å². The standard InChI is InChI=1S/C13H21N5S/c1-8-10(15-7-13(19-2)5-6-13)16-12(9-3-4-9)17-11(8)18-14/h9H,3-7,14H2,1-2H3,(H2,15,16,17,18). The number of nitrogens with two attached hydrogens (primary N) is 1. The van der Waals surface area contributed by atoms with Crippen LogP contribution in [0.1, 0.15) is 43.0 Å². The Morgan fingerprint density at radius 1 is 1.32 bits per heavy atom. The van der Waals surface area contributed by atoms with Gasteiger partial charge < -0.3 is 10.7 Å². The molecule has 3 rings (SSSR count). The smallest absolute Gasteiger partial charge is 0.148 e. The van der Waals surface area contributed by atoms with E-state index in [1.165, 1.54) is 25.7 Å². The van der Waals surface area contributed by atoms with E-state index in [1.807, 2.05) is 18.7 Å². The summed E-state index contributed by atoms with van der Waals surface area (Å²) in [6.45, 7) is 2.98. The van der Waals surface area contributed by atoms with E-state index < -0.39 is 0 Å². The molecule has 0 bridgehead atoms. The number of rotatable bonds is 6. The van der Waals surface area contributed by atoms with Gasteiger partial charge in [-0.3, -0.25) is 0 Å². The van der Waals surface area contributed by atoms with Crippen molar-refractivity contribution in [1.82, 2.24) is 9.97 Å². The SMILES string of the molecule is CSC1(CNc2nc(C3CC3)nc(NN)c2C)CC1. The van der Waals surface area contributed by atoms with Crippen molar-refractivity contribution < 1.29 is 0 Å². The number of hydrogen-bond acceptors (Lipinski definition) is 6. The maximum atomic E-state index is 5.56. The van der Waals surface area contributed by atoms with Crippen LogP contribution in [0.4, 0.5) is 11.6 Å². The van der Waals surface area contributed by atoms with E-state index in [0.717, 1.165) is 29.6 Å². The first-order valence-electron chi connectivity index (χ1n) is 6.81. The van der Waals surface area contributed by atoms with Crippen LogP contribution in [0.25, 0.3) is 0 Å². The van der Waals surface area contributed by atoms with Crippen LogP contribution in [-0.2, 0) is 0 Å². The fourth-order valence-electron chi connectivity index (χ4n) is 2.21. The lowest BCUT2D eigenvalue weighted by atomic mass is 10.2. The highest BCUT2D eigenvalue weighted by atomic mass is 32.2. The third-order valence-electron chi connectivity index (χ3n) is 4.06. The minimum absolute atomic E-state index is 0.424. The molecule has 0 amide bonds. The molecule has 1 aromatic heterocycles. The number of nitrogens with one attached hydrogen (secondary N) is 2. The van der Waals surface area contributed by atoms with Gasteiger partial charge in [-0.15, -0.1) is 0 Å². The summed E-state index contributed by atoms with van der Waals surface area (Å²) in [5, 5.41) is 3.50. The Morgan fingerprint density at radius 3 is 2.53 bits per heavy atom. The first-order chi connectivity index (χ1) is 9.17. The number of aromatic nitrogens is 2. The van der Waals surface area contributed by atoms with E-state index in [-0.39, 0.29) is 0 Å². The van der Waals surface area contributed by atoms with Crippen LogP contribution in [0, 0.1) is 6.92 Å². The molecule has 0 aliphatic heterocycles. The van der Waals surface area contributed by atoms with E-state index in [0.29, 0.717) is 10.7 Å². The van der Waals surface area contributed by atoms with Crippen LogP contribution in [-0.4, -0.2) is 27.5 Å². The molecule has 104 valence electrons. The summed E-state index contributed by atoms with van der Waals surface area (Å²) in [7, 11) is 0. The summed E-state index contributed by atoms with van der Waals surface area (Å²) in [4.78, 5) is 9.18. The highest BCUT2D eigenvalue weighted by Gasteiger charge is 2.41. The third kappa shape index (κ3) is 2.65. The molecule has 2 saturated carbocycles. The Hall–Kier alpha value is -1.01. The second-order valence-corrected chi connectivity index (χ2v) is 6.84. The normalized spacial score (nSPS) is 20.2. The van der Waals surface area contributed by atoms with E-state index in [2.05, 4.69) is 27.0 Å². The summed E-state index contributed by atoms with van der Waals surface area (Å²) in [6, 6.07) is 0. The molecule has 0 spiro atoms. The quantitative estimate of drug-likeness (QED) is 0.548. The van der Waals surface area contributed by atoms with Crippen molar-refractivity contribution in [3.05, 3.63) is 11.4 Å². The number of nitrogen functional groups attached to an aromatic ring is 1. The van der Waals surface area contributed by atoms with Crippen molar-refractivity contribution in [2.75, 3.05) is 23.5 Å². The van der Waals surface area contributed by atoms with Gasteiger partial charge in [0.25, 0.3) is 0 Å². The minimum atomic E-state index is 0.424. The lowest BCUT2D eigenvalue weighted by molar-refractivity contribution is 0.890. The van der Waals surface area contributed by atoms with E-state index in [1.54, 1.807) is 0 Å². The van der Waals surface area contributed by atoms with Gasteiger partial charge >= 0.3 is 0 Å². The average Bonchev–Trinajstić information content (AvgIpc) is 3.30. The third-order valence-corrected chi connectivity index (χ3v) is 5.48. The van der Waals surface area contributed by atoms with Gasteiger partial charge in [-0.1, -0.05) is 0 Å². The number of anilines is 2. The molecule has 0 atom stereocenters. The van der Waals surface area contributed by atoms with Gasteiger partial charge in [0.1, 0.15) is 17.5 Å². The molecule has 19 heavy (non-hydrogen) atoms. The lowest BCUT2D eigenvalue weighted by Gasteiger charge is -2.17. The van der Waals surface area contributed by atoms with Crippen LogP contribution in [0.3, 0.4) is 0 Å². The molecule has 0 aromatic carbocycles. The van der Waals surface area contributed by atoms with Crippen LogP contribution in [0.2, 0.25) is 0 Å². The average molecular weight is 279 g/mol. The molecule has 2 aliphatic carbocycles. The lowest BCUT2D eigenvalue weighted by Crippen LogP contribution is -2.20. The van der Waals surface area contributed by atoms with Crippen LogP contribution < -0.4 is 16.6 Å². The zero-order valence-corrected chi connectivity index (χ0v) is 12.3. The fraction of sp³-hybridized carbons (Fsp3) is 0.692. The second kappa shape index (κ2) is 4.83. The summed E-state index contributed by atoms with van der Waals surface area (Å²) < 4.78 is 0.424. The minimum Gasteiger partial charge on any atom is -0.368 e. The molecular weight excluding hydrogens is 258 g/mol. The van der Waals surface area contributed by atoms with Gasteiger partial charge in [-0.2, -0.15) is 11.8 Å². The Bertz CT molecular complexity index is 482. The monoisotopic (exact) mass is 279 g/mol. The maximum Gasteiger partial charge on any atom is 0.148 e. The molecule has 0 saturated heterocycles.